The van der Waals surface area contributed by atoms with Crippen molar-refractivity contribution in [2.24, 2.45) is 10.9 Å². The van der Waals surface area contributed by atoms with Gasteiger partial charge in [-0.3, -0.25) is 4.79 Å². The first-order valence-corrected chi connectivity index (χ1v) is 8.74. The van der Waals surface area contributed by atoms with Crippen LogP contribution in [0.15, 0.2) is 34.2 Å². The van der Waals surface area contributed by atoms with E-state index in [0.717, 1.165) is 10.7 Å². The monoisotopic (exact) mass is 342 g/mol. The van der Waals surface area contributed by atoms with Crippen molar-refractivity contribution >= 4 is 35.8 Å². The number of carbonyl (C=O) groups is 2. The van der Waals surface area contributed by atoms with Crippen LogP contribution in [-0.2, 0) is 10.5 Å². The first-order chi connectivity index (χ1) is 11.4. The molecule has 2 heterocycles. The summed E-state index contributed by atoms with van der Waals surface area (Å²) < 4.78 is 1.45. The van der Waals surface area contributed by atoms with E-state index in [1.165, 1.54) is 33.2 Å². The predicted octanol–water partition coefficient (Wildman–Crippen LogP) is 2.75. The van der Waals surface area contributed by atoms with Crippen molar-refractivity contribution in [3.8, 4) is 0 Å². The van der Waals surface area contributed by atoms with Crippen LogP contribution in [0, 0.1) is 19.8 Å². The van der Waals surface area contributed by atoms with E-state index in [1.807, 2.05) is 6.08 Å². The molecule has 1 aromatic carbocycles. The first-order valence-electron chi connectivity index (χ1n) is 7.75. The van der Waals surface area contributed by atoms with E-state index in [0.29, 0.717) is 5.84 Å². The fourth-order valence-electron chi connectivity index (χ4n) is 2.86. The molecule has 0 N–H and O–H groups in total. The smallest absolute Gasteiger partial charge is 0.255 e. The SMILES string of the molecule is Cc1ccc(C)c(CSC2=CC=NC3=[N+](C)C(=O)N(C)C(=O)C23)c1. The van der Waals surface area contributed by atoms with Gasteiger partial charge in [0.15, 0.2) is 5.92 Å². The molecule has 0 radical (unpaired) electrons. The lowest BCUT2D eigenvalue weighted by atomic mass is 10.0. The highest BCUT2D eigenvalue weighted by molar-refractivity contribution is 8.02. The van der Waals surface area contributed by atoms with E-state index >= 15 is 0 Å². The topological polar surface area (TPSA) is 52.8 Å². The van der Waals surface area contributed by atoms with Crippen LogP contribution in [-0.4, -0.2) is 47.6 Å². The molecule has 24 heavy (non-hydrogen) atoms. The molecule has 0 bridgehead atoms. The maximum absolute atomic E-state index is 12.6. The molecular formula is C18H20N3O2S+. The Bertz CT molecular complexity index is 824. The summed E-state index contributed by atoms with van der Waals surface area (Å²) in [7, 11) is 3.17. The highest BCUT2D eigenvalue weighted by atomic mass is 32.2. The van der Waals surface area contributed by atoms with Gasteiger partial charge in [0.2, 0.25) is 0 Å². The molecule has 0 spiro atoms. The van der Waals surface area contributed by atoms with Crippen LogP contribution in [0.2, 0.25) is 0 Å². The van der Waals surface area contributed by atoms with Crippen molar-refractivity contribution in [2.45, 2.75) is 19.6 Å². The van der Waals surface area contributed by atoms with Crippen LogP contribution in [0.4, 0.5) is 4.79 Å². The maximum atomic E-state index is 12.6. The number of thioether (sulfide) groups is 1. The molecule has 3 rings (SSSR count). The molecule has 0 aliphatic carbocycles. The fraction of sp³-hybridized carbons (Fsp3) is 0.333. The van der Waals surface area contributed by atoms with Gasteiger partial charge in [0.25, 0.3) is 5.84 Å². The largest absolute Gasteiger partial charge is 0.445 e. The molecule has 6 heteroatoms. The second kappa shape index (κ2) is 6.36. The van der Waals surface area contributed by atoms with Crippen molar-refractivity contribution in [1.29, 1.82) is 0 Å². The number of hydrogen-bond acceptors (Lipinski definition) is 4. The highest BCUT2D eigenvalue weighted by Crippen LogP contribution is 2.34. The second-order valence-corrected chi connectivity index (χ2v) is 7.14. The van der Waals surface area contributed by atoms with Gasteiger partial charge < -0.3 is 0 Å². The zero-order valence-corrected chi connectivity index (χ0v) is 15.1. The van der Waals surface area contributed by atoms with E-state index in [1.54, 1.807) is 25.0 Å². The van der Waals surface area contributed by atoms with E-state index in [2.05, 4.69) is 37.0 Å². The molecule has 0 saturated heterocycles. The number of rotatable bonds is 3. The number of aryl methyl sites for hydroxylation is 2. The zero-order valence-electron chi connectivity index (χ0n) is 14.2. The number of nitrogens with zero attached hydrogens (tertiary/aromatic N) is 3. The van der Waals surface area contributed by atoms with Crippen molar-refractivity contribution in [2.75, 3.05) is 14.1 Å². The minimum absolute atomic E-state index is 0.218. The third kappa shape index (κ3) is 2.82. The molecule has 0 saturated carbocycles. The number of allylic oxidation sites excluding steroid dienone is 1. The molecule has 1 unspecified atom stereocenters. The van der Waals surface area contributed by atoms with E-state index in [-0.39, 0.29) is 11.9 Å². The van der Waals surface area contributed by atoms with Crippen LogP contribution < -0.4 is 0 Å². The lowest BCUT2D eigenvalue weighted by Gasteiger charge is -2.26. The fourth-order valence-corrected chi connectivity index (χ4v) is 4.02. The summed E-state index contributed by atoms with van der Waals surface area (Å²) in [5, 5.41) is 0. The third-order valence-corrected chi connectivity index (χ3v) is 5.54. The Hall–Kier alpha value is -2.21. The Morgan fingerprint density at radius 2 is 2.04 bits per heavy atom. The van der Waals surface area contributed by atoms with Crippen LogP contribution in [0.25, 0.3) is 0 Å². The lowest BCUT2D eigenvalue weighted by Crippen LogP contribution is -2.52. The Morgan fingerprint density at radius 1 is 1.29 bits per heavy atom. The van der Waals surface area contributed by atoms with Gasteiger partial charge in [-0.2, -0.15) is 9.48 Å². The summed E-state index contributed by atoms with van der Waals surface area (Å²) in [5.74, 6) is 0.586. The summed E-state index contributed by atoms with van der Waals surface area (Å²) in [6, 6.07) is 6.05. The molecule has 0 fully saturated rings. The van der Waals surface area contributed by atoms with Gasteiger partial charge in [0.05, 0.1) is 14.1 Å². The van der Waals surface area contributed by atoms with Gasteiger partial charge in [-0.25, -0.2) is 4.79 Å². The second-order valence-electron chi connectivity index (χ2n) is 6.10. The van der Waals surface area contributed by atoms with Crippen LogP contribution in [0.1, 0.15) is 16.7 Å². The van der Waals surface area contributed by atoms with Crippen molar-refractivity contribution in [3.05, 3.63) is 45.9 Å². The Labute approximate surface area is 145 Å². The quantitative estimate of drug-likeness (QED) is 0.794. The summed E-state index contributed by atoms with van der Waals surface area (Å²) in [5.41, 5.74) is 3.72. The normalized spacial score (nSPS) is 20.4. The molecule has 5 nitrogen and oxygen atoms in total. The summed E-state index contributed by atoms with van der Waals surface area (Å²) in [6.07, 6.45) is 3.54. The molecule has 124 valence electrons. The summed E-state index contributed by atoms with van der Waals surface area (Å²) >= 11 is 1.63. The van der Waals surface area contributed by atoms with E-state index in [9.17, 15) is 9.59 Å². The summed E-state index contributed by atoms with van der Waals surface area (Å²) in [4.78, 5) is 31.0. The van der Waals surface area contributed by atoms with Crippen molar-refractivity contribution in [1.82, 2.24) is 4.90 Å². The van der Waals surface area contributed by atoms with Crippen LogP contribution in [0.3, 0.4) is 0 Å². The molecule has 2 aliphatic heterocycles. The standard InChI is InChI=1S/C18H20N3O2S/c1-11-5-6-12(2)13(9-11)10-24-14-7-8-19-16-15(14)17(22)21(4)18(23)20(16)3/h5-9,15H,10H2,1-4H3/q+1. The lowest BCUT2D eigenvalue weighted by molar-refractivity contribution is -0.407. The minimum atomic E-state index is -0.488. The third-order valence-electron chi connectivity index (χ3n) is 4.38. The molecular weight excluding hydrogens is 322 g/mol. The number of amides is 3. The number of amidine groups is 1. The van der Waals surface area contributed by atoms with E-state index < -0.39 is 5.92 Å². The van der Waals surface area contributed by atoms with Gasteiger partial charge in [0.1, 0.15) is 6.21 Å². The number of carbonyl (C=O) groups excluding carboxylic acids is 2. The van der Waals surface area contributed by atoms with Crippen molar-refractivity contribution < 1.29 is 14.2 Å². The molecule has 1 atom stereocenters. The predicted molar refractivity (Wildman–Crippen MR) is 96.6 cm³/mol. The molecule has 2 aliphatic rings. The van der Waals surface area contributed by atoms with Gasteiger partial charge in [0, 0.05) is 10.7 Å². The Balaban J connectivity index is 1.88. The highest BCUT2D eigenvalue weighted by Gasteiger charge is 2.46. The van der Waals surface area contributed by atoms with Crippen molar-refractivity contribution in [3.63, 3.8) is 0 Å². The Morgan fingerprint density at radius 3 is 2.79 bits per heavy atom. The number of hydrogen-bond donors (Lipinski definition) is 0. The number of fused-ring (bicyclic) bond motifs is 1. The zero-order chi connectivity index (χ0) is 17.4. The molecule has 0 aromatic heterocycles. The van der Waals surface area contributed by atoms with Gasteiger partial charge >= 0.3 is 11.9 Å². The van der Waals surface area contributed by atoms with Gasteiger partial charge in [-0.1, -0.05) is 23.8 Å². The maximum Gasteiger partial charge on any atom is 0.445 e. The van der Waals surface area contributed by atoms with E-state index in [4.69, 9.17) is 0 Å². The first kappa shape index (κ1) is 16.6. The molecule has 3 amide bonds. The minimum Gasteiger partial charge on any atom is -0.255 e. The number of dihydropyridines is 1. The Kier molecular flexibility index (Phi) is 4.41. The van der Waals surface area contributed by atoms with Crippen LogP contribution >= 0.6 is 11.8 Å². The van der Waals surface area contributed by atoms with Gasteiger partial charge in [-0.15, -0.1) is 16.8 Å². The number of imide groups is 1. The number of benzene rings is 1. The average Bonchev–Trinajstić information content (AvgIpc) is 2.58. The van der Waals surface area contributed by atoms with Gasteiger partial charge in [-0.05, 0) is 31.1 Å². The van der Waals surface area contributed by atoms with Crippen LogP contribution in [0.5, 0.6) is 0 Å². The average molecular weight is 342 g/mol. The molecule has 1 aromatic rings. The number of urea groups is 1. The summed E-state index contributed by atoms with van der Waals surface area (Å²) in [6.45, 7) is 4.17. The number of aliphatic imine (C=N–C) groups is 1.